The second-order valence-electron chi connectivity index (χ2n) is 10.8. The van der Waals surface area contributed by atoms with Gasteiger partial charge >= 0.3 is 0 Å². The Labute approximate surface area is 181 Å². The summed E-state index contributed by atoms with van der Waals surface area (Å²) in [5.41, 5.74) is 6.83. The number of carbonyl (C=O) groups excluding carboxylic acids is 1. The van der Waals surface area contributed by atoms with Crippen LogP contribution in [0.4, 0.5) is 0 Å². The lowest BCUT2D eigenvalue weighted by atomic mass is 9.69. The molecule has 0 aromatic carbocycles. The minimum absolute atomic E-state index is 0.0579. The number of nitrogens with two attached hydrogens (primary N) is 1. The van der Waals surface area contributed by atoms with E-state index in [0.717, 1.165) is 51.2 Å². The normalized spacial score (nSPS) is 26.8. The number of hydrogen-bond acceptors (Lipinski definition) is 5. The van der Waals surface area contributed by atoms with Crippen molar-refractivity contribution in [2.45, 2.75) is 72.6 Å². The van der Waals surface area contributed by atoms with Crippen LogP contribution in [0.15, 0.2) is 16.1 Å². The maximum Gasteiger partial charge on any atom is 0.221 e. The highest BCUT2D eigenvalue weighted by Gasteiger charge is 2.34. The molecule has 1 aromatic heterocycles. The Hall–Kier alpha value is -1.69. The van der Waals surface area contributed by atoms with Crippen LogP contribution < -0.4 is 5.73 Å². The molecule has 0 radical (unpaired) electrons. The van der Waals surface area contributed by atoms with Gasteiger partial charge in [-0.25, -0.2) is 0 Å². The second kappa shape index (κ2) is 9.21. The molecule has 0 unspecified atom stereocenters. The van der Waals surface area contributed by atoms with Gasteiger partial charge in [0, 0.05) is 24.3 Å². The van der Waals surface area contributed by atoms with E-state index >= 15 is 0 Å². The maximum absolute atomic E-state index is 11.5. The number of hydrogen-bond donors (Lipinski definition) is 1. The SMILES string of the molecule is CC1=C[C@@H](CN2CCC(C(N)=O)CC2)[C@H](C(C)C)C[C@H]1Cc1nnc(C(C)(C)C)o1. The van der Waals surface area contributed by atoms with E-state index in [-0.39, 0.29) is 17.2 Å². The van der Waals surface area contributed by atoms with Crippen molar-refractivity contribution in [3.8, 4) is 0 Å². The van der Waals surface area contributed by atoms with Gasteiger partial charge in [0.2, 0.25) is 17.7 Å². The molecule has 2 aliphatic rings. The Bertz CT molecular complexity index is 754. The summed E-state index contributed by atoms with van der Waals surface area (Å²) < 4.78 is 5.98. The van der Waals surface area contributed by atoms with Gasteiger partial charge in [0.25, 0.3) is 0 Å². The number of rotatable bonds is 6. The number of amides is 1. The van der Waals surface area contributed by atoms with Crippen molar-refractivity contribution in [2.24, 2.45) is 35.3 Å². The van der Waals surface area contributed by atoms with E-state index < -0.39 is 0 Å². The molecule has 30 heavy (non-hydrogen) atoms. The molecule has 6 heteroatoms. The van der Waals surface area contributed by atoms with E-state index in [1.165, 1.54) is 5.57 Å². The van der Waals surface area contributed by atoms with Gasteiger partial charge < -0.3 is 15.1 Å². The van der Waals surface area contributed by atoms with Crippen molar-refractivity contribution in [3.63, 3.8) is 0 Å². The van der Waals surface area contributed by atoms with Crippen LogP contribution in [0.3, 0.4) is 0 Å². The van der Waals surface area contributed by atoms with Crippen LogP contribution >= 0.6 is 0 Å². The third-order valence-electron chi connectivity index (χ3n) is 7.07. The van der Waals surface area contributed by atoms with Gasteiger partial charge in [-0.05, 0) is 62.9 Å². The lowest BCUT2D eigenvalue weighted by Gasteiger charge is -2.40. The van der Waals surface area contributed by atoms with Crippen molar-refractivity contribution >= 4 is 5.91 Å². The summed E-state index contributed by atoms with van der Waals surface area (Å²) in [7, 11) is 0. The van der Waals surface area contributed by atoms with Crippen molar-refractivity contribution in [3.05, 3.63) is 23.4 Å². The topological polar surface area (TPSA) is 85.2 Å². The molecule has 1 aliphatic carbocycles. The van der Waals surface area contributed by atoms with Crippen molar-refractivity contribution in [2.75, 3.05) is 19.6 Å². The molecule has 6 nitrogen and oxygen atoms in total. The van der Waals surface area contributed by atoms with Crippen LogP contribution in [0.1, 0.15) is 72.6 Å². The van der Waals surface area contributed by atoms with Gasteiger partial charge in [-0.1, -0.05) is 46.3 Å². The van der Waals surface area contributed by atoms with E-state index in [9.17, 15) is 4.79 Å². The first-order valence-corrected chi connectivity index (χ1v) is 11.6. The number of allylic oxidation sites excluding steroid dienone is 1. The first-order valence-electron chi connectivity index (χ1n) is 11.6. The molecule has 168 valence electrons. The molecule has 1 fully saturated rings. The summed E-state index contributed by atoms with van der Waals surface area (Å²) in [5, 5.41) is 8.59. The highest BCUT2D eigenvalue weighted by Crippen LogP contribution is 2.39. The van der Waals surface area contributed by atoms with Crippen molar-refractivity contribution in [1.82, 2.24) is 15.1 Å². The smallest absolute Gasteiger partial charge is 0.221 e. The summed E-state index contributed by atoms with van der Waals surface area (Å²) in [6.45, 7) is 16.3. The monoisotopic (exact) mass is 416 g/mol. The van der Waals surface area contributed by atoms with Gasteiger partial charge in [0.1, 0.15) is 0 Å². The molecular weight excluding hydrogens is 376 g/mol. The van der Waals surface area contributed by atoms with Crippen LogP contribution in [0, 0.1) is 29.6 Å². The molecule has 1 amide bonds. The molecule has 0 bridgehead atoms. The molecule has 1 saturated heterocycles. The standard InChI is InChI=1S/C24H40N4O2/c1-15(2)20-12-18(13-21-26-27-23(30-21)24(4,5)6)16(3)11-19(20)14-28-9-7-17(8-10-28)22(25)29/h11,15,17-20H,7-10,12-14H2,1-6H3,(H2,25,29)/t18-,19-,20-/m0/s1. The van der Waals surface area contributed by atoms with Gasteiger partial charge in [0.15, 0.2) is 0 Å². The number of primary amides is 1. The molecule has 3 atom stereocenters. The van der Waals surface area contributed by atoms with E-state index in [0.29, 0.717) is 29.6 Å². The number of nitrogens with zero attached hydrogens (tertiary/aromatic N) is 3. The quantitative estimate of drug-likeness (QED) is 0.710. The predicted molar refractivity (Wildman–Crippen MR) is 119 cm³/mol. The molecule has 1 aliphatic heterocycles. The van der Waals surface area contributed by atoms with Crippen molar-refractivity contribution < 1.29 is 9.21 Å². The fourth-order valence-corrected chi connectivity index (χ4v) is 5.03. The fraction of sp³-hybridized carbons (Fsp3) is 0.792. The van der Waals surface area contributed by atoms with E-state index in [2.05, 4.69) is 62.7 Å². The molecule has 1 aromatic rings. The number of aromatic nitrogens is 2. The number of piperidine rings is 1. The molecule has 3 rings (SSSR count). The van der Waals surface area contributed by atoms with Crippen LogP contribution in [0.2, 0.25) is 0 Å². The summed E-state index contributed by atoms with van der Waals surface area (Å²) >= 11 is 0. The summed E-state index contributed by atoms with van der Waals surface area (Å²) in [5.74, 6) is 3.67. The zero-order valence-electron chi connectivity index (χ0n) is 19.6. The summed E-state index contributed by atoms with van der Waals surface area (Å²) in [6.07, 6.45) is 6.28. The summed E-state index contributed by atoms with van der Waals surface area (Å²) in [4.78, 5) is 14.0. The third kappa shape index (κ3) is 5.51. The van der Waals surface area contributed by atoms with Crippen LogP contribution in [-0.2, 0) is 16.6 Å². The zero-order valence-corrected chi connectivity index (χ0v) is 19.6. The highest BCUT2D eigenvalue weighted by molar-refractivity contribution is 5.76. The minimum Gasteiger partial charge on any atom is -0.425 e. The molecule has 0 saturated carbocycles. The lowest BCUT2D eigenvalue weighted by molar-refractivity contribution is -0.123. The molecule has 2 heterocycles. The Morgan fingerprint density at radius 3 is 2.47 bits per heavy atom. The molecule has 0 spiro atoms. The van der Waals surface area contributed by atoms with Gasteiger partial charge in [0.05, 0.1) is 0 Å². The lowest BCUT2D eigenvalue weighted by Crippen LogP contribution is -2.43. The number of likely N-dealkylation sites (tertiary alicyclic amines) is 1. The Morgan fingerprint density at radius 1 is 1.27 bits per heavy atom. The fourth-order valence-electron chi connectivity index (χ4n) is 5.03. The molecule has 2 N–H and O–H groups in total. The maximum atomic E-state index is 11.5. The number of carbonyl (C=O) groups is 1. The zero-order chi connectivity index (χ0) is 22.1. The van der Waals surface area contributed by atoms with Gasteiger partial charge in [-0.15, -0.1) is 10.2 Å². The Kier molecular flexibility index (Phi) is 7.05. The van der Waals surface area contributed by atoms with Crippen LogP contribution in [0.25, 0.3) is 0 Å². The Balaban J connectivity index is 1.66. The second-order valence-corrected chi connectivity index (χ2v) is 10.8. The van der Waals surface area contributed by atoms with E-state index in [1.807, 2.05) is 0 Å². The minimum atomic E-state index is -0.137. The van der Waals surface area contributed by atoms with E-state index in [4.69, 9.17) is 10.2 Å². The molecular formula is C24H40N4O2. The van der Waals surface area contributed by atoms with Crippen LogP contribution in [0.5, 0.6) is 0 Å². The van der Waals surface area contributed by atoms with Crippen LogP contribution in [-0.4, -0.2) is 40.6 Å². The largest absolute Gasteiger partial charge is 0.425 e. The predicted octanol–water partition coefficient (Wildman–Crippen LogP) is 3.96. The van der Waals surface area contributed by atoms with Crippen molar-refractivity contribution in [1.29, 1.82) is 0 Å². The highest BCUT2D eigenvalue weighted by atomic mass is 16.4. The third-order valence-corrected chi connectivity index (χ3v) is 7.07. The average molecular weight is 417 g/mol. The first kappa shape index (κ1) is 23.0. The van der Waals surface area contributed by atoms with E-state index in [1.54, 1.807) is 0 Å². The van der Waals surface area contributed by atoms with Gasteiger partial charge in [-0.3, -0.25) is 4.79 Å². The summed E-state index contributed by atoms with van der Waals surface area (Å²) in [6, 6.07) is 0. The first-order chi connectivity index (χ1) is 14.0. The average Bonchev–Trinajstić information content (AvgIpc) is 3.13. The van der Waals surface area contributed by atoms with Gasteiger partial charge in [-0.2, -0.15) is 0 Å². The Morgan fingerprint density at radius 2 is 1.93 bits per heavy atom.